The van der Waals surface area contributed by atoms with Gasteiger partial charge in [-0.15, -0.1) is 22.7 Å². The number of rotatable bonds is 12. The summed E-state index contributed by atoms with van der Waals surface area (Å²) in [6.45, 7) is 15.4. The van der Waals surface area contributed by atoms with E-state index in [4.69, 9.17) is 52.2 Å². The van der Waals surface area contributed by atoms with Gasteiger partial charge in [0.2, 0.25) is 0 Å². The van der Waals surface area contributed by atoms with Crippen LogP contribution in [-0.4, -0.2) is 102 Å². The standard InChI is InChI=1S/C20H24ClNO4S.C14H19BrClNO3.C6H7BO3S/c1-13(23)17-8-9-18(27-17)14-6-7-16(15(21)12-14)25-11-10-22(5)19(24)26-20(2,3)4;1-14(2,3)20-13(18)17(4)7-8-19-12-6-5-10(15)9-11(12)16;1-4(8)5-2-3-6(11-5)7(9)10/h6-9,12H,10-11H2,1-5H3;5-6,9H,7-8H2,1-4H3;2-3,9-10H,1H3. The molecular formula is C40H50BBrCl2N2O10S2. The molecule has 316 valence electrons. The van der Waals surface area contributed by atoms with Crippen molar-refractivity contribution in [2.24, 2.45) is 0 Å². The Morgan fingerprint density at radius 2 is 1.14 bits per heavy atom. The quantitative estimate of drug-likeness (QED) is 0.104. The monoisotopic (exact) mass is 942 g/mol. The molecule has 0 atom stereocenters. The lowest BCUT2D eigenvalue weighted by atomic mass is 9.90. The molecule has 2 heterocycles. The molecule has 2 aromatic heterocycles. The molecule has 2 amide bonds. The highest BCUT2D eigenvalue weighted by Crippen LogP contribution is 2.34. The number of likely N-dealkylation sites (N-methyl/N-ethyl adjacent to an activating group) is 2. The minimum absolute atomic E-state index is 0.0476. The molecule has 4 aromatic rings. The number of thiophene rings is 2. The van der Waals surface area contributed by atoms with Crippen LogP contribution in [0.5, 0.6) is 11.5 Å². The van der Waals surface area contributed by atoms with Crippen molar-refractivity contribution in [2.75, 3.05) is 40.4 Å². The van der Waals surface area contributed by atoms with Gasteiger partial charge in [-0.3, -0.25) is 9.59 Å². The van der Waals surface area contributed by atoms with E-state index < -0.39 is 24.4 Å². The van der Waals surface area contributed by atoms with Crippen molar-refractivity contribution in [1.82, 2.24) is 9.80 Å². The highest BCUT2D eigenvalue weighted by atomic mass is 79.9. The molecule has 2 N–H and O–H groups in total. The van der Waals surface area contributed by atoms with E-state index in [0.717, 1.165) is 26.3 Å². The van der Waals surface area contributed by atoms with Crippen LogP contribution in [0.2, 0.25) is 10.0 Å². The first-order valence-corrected chi connectivity index (χ1v) is 21.0. The first-order valence-electron chi connectivity index (χ1n) is 17.8. The van der Waals surface area contributed by atoms with E-state index in [-0.39, 0.29) is 17.7 Å². The van der Waals surface area contributed by atoms with Gasteiger partial charge in [-0.25, -0.2) is 9.59 Å². The Morgan fingerprint density at radius 1 is 0.690 bits per heavy atom. The third-order valence-electron chi connectivity index (χ3n) is 7.07. The van der Waals surface area contributed by atoms with Crippen molar-refractivity contribution >= 4 is 97.5 Å². The molecule has 0 unspecified atom stereocenters. The topological polar surface area (TPSA) is 152 Å². The molecule has 0 radical (unpaired) electrons. The van der Waals surface area contributed by atoms with Gasteiger partial charge in [0.1, 0.15) is 35.9 Å². The molecule has 0 bridgehead atoms. The molecule has 0 fully saturated rings. The Bertz CT molecular complexity index is 2000. The highest BCUT2D eigenvalue weighted by molar-refractivity contribution is 9.10. The molecular weight excluding hydrogens is 894 g/mol. The summed E-state index contributed by atoms with van der Waals surface area (Å²) in [6, 6.07) is 17.7. The zero-order valence-corrected chi connectivity index (χ0v) is 38.9. The van der Waals surface area contributed by atoms with Crippen molar-refractivity contribution in [2.45, 2.75) is 66.6 Å². The fourth-order valence-electron chi connectivity index (χ4n) is 4.17. The van der Waals surface area contributed by atoms with E-state index in [1.54, 1.807) is 45.3 Å². The van der Waals surface area contributed by atoms with Crippen molar-refractivity contribution in [3.05, 3.63) is 84.9 Å². The van der Waals surface area contributed by atoms with Crippen molar-refractivity contribution in [3.8, 4) is 21.9 Å². The van der Waals surface area contributed by atoms with E-state index in [1.165, 1.54) is 34.1 Å². The van der Waals surface area contributed by atoms with Crippen molar-refractivity contribution < 1.29 is 48.2 Å². The molecule has 0 aliphatic heterocycles. The van der Waals surface area contributed by atoms with Crippen LogP contribution in [0.4, 0.5) is 9.59 Å². The number of ether oxygens (including phenoxy) is 4. The van der Waals surface area contributed by atoms with E-state index in [9.17, 15) is 19.2 Å². The molecule has 18 heteroatoms. The van der Waals surface area contributed by atoms with Crippen LogP contribution in [-0.2, 0) is 9.47 Å². The molecule has 4 rings (SSSR count). The lowest BCUT2D eigenvalue weighted by Crippen LogP contribution is -2.36. The molecule has 58 heavy (non-hydrogen) atoms. The third-order valence-corrected chi connectivity index (χ3v) is 10.6. The summed E-state index contributed by atoms with van der Waals surface area (Å²) in [5, 5.41) is 18.4. The van der Waals surface area contributed by atoms with Gasteiger partial charge in [-0.05, 0) is 116 Å². The normalized spacial score (nSPS) is 10.9. The Morgan fingerprint density at radius 3 is 1.52 bits per heavy atom. The second-order valence-electron chi connectivity index (χ2n) is 14.6. The van der Waals surface area contributed by atoms with Crippen LogP contribution in [0.1, 0.15) is 74.7 Å². The summed E-state index contributed by atoms with van der Waals surface area (Å²) in [4.78, 5) is 51.0. The van der Waals surface area contributed by atoms with Crippen LogP contribution in [0.3, 0.4) is 0 Å². The van der Waals surface area contributed by atoms with Crippen LogP contribution in [0, 0.1) is 0 Å². The number of amides is 2. The van der Waals surface area contributed by atoms with Crippen molar-refractivity contribution in [3.63, 3.8) is 0 Å². The van der Waals surface area contributed by atoms with Gasteiger partial charge in [0.15, 0.2) is 11.6 Å². The van der Waals surface area contributed by atoms with Gasteiger partial charge >= 0.3 is 19.3 Å². The van der Waals surface area contributed by atoms with Gasteiger partial charge in [0.05, 0.1) is 32.9 Å². The minimum Gasteiger partial charge on any atom is -0.490 e. The first-order chi connectivity index (χ1) is 26.9. The first kappa shape index (κ1) is 50.5. The number of Topliss-reactive ketones (excluding diaryl/α,β-unsaturated/α-hetero) is 2. The van der Waals surface area contributed by atoms with Crippen LogP contribution in [0.25, 0.3) is 10.4 Å². The number of carbonyl (C=O) groups is 4. The van der Waals surface area contributed by atoms with Crippen molar-refractivity contribution in [1.29, 1.82) is 0 Å². The molecule has 0 saturated heterocycles. The maximum absolute atomic E-state index is 11.9. The molecule has 0 aliphatic rings. The smallest absolute Gasteiger partial charge is 0.490 e. The van der Waals surface area contributed by atoms with Gasteiger partial charge in [-0.1, -0.05) is 45.2 Å². The minimum atomic E-state index is -1.46. The predicted molar refractivity (Wildman–Crippen MR) is 237 cm³/mol. The van der Waals surface area contributed by atoms with E-state index >= 15 is 0 Å². The van der Waals surface area contributed by atoms with Crippen LogP contribution >= 0.6 is 61.8 Å². The molecule has 0 aliphatic carbocycles. The lowest BCUT2D eigenvalue weighted by Gasteiger charge is -2.24. The van der Waals surface area contributed by atoms with Crippen LogP contribution in [0.15, 0.2) is 65.1 Å². The van der Waals surface area contributed by atoms with Gasteiger partial charge in [0.25, 0.3) is 0 Å². The Labute approximate surface area is 367 Å². The maximum atomic E-state index is 11.9. The molecule has 2 aromatic carbocycles. The number of hydrogen-bond acceptors (Lipinski definition) is 12. The number of carbonyl (C=O) groups excluding carboxylic acids is 4. The average Bonchev–Trinajstić information content (AvgIpc) is 3.81. The third kappa shape index (κ3) is 18.5. The number of benzene rings is 2. The maximum Gasteiger partial charge on any atom is 0.499 e. The fraction of sp³-hybridized carbons (Fsp3) is 0.400. The second-order valence-corrected chi connectivity index (χ2v) is 18.5. The summed E-state index contributed by atoms with van der Waals surface area (Å²) in [5.74, 6) is 1.13. The summed E-state index contributed by atoms with van der Waals surface area (Å²) in [6.07, 6.45) is -0.769. The van der Waals surface area contributed by atoms with Crippen LogP contribution < -0.4 is 14.3 Å². The summed E-state index contributed by atoms with van der Waals surface area (Å²) >= 11 is 18.2. The number of hydrogen-bond donors (Lipinski definition) is 2. The van der Waals surface area contributed by atoms with Gasteiger partial charge in [-0.2, -0.15) is 0 Å². The second kappa shape index (κ2) is 23.2. The highest BCUT2D eigenvalue weighted by Gasteiger charge is 2.21. The zero-order chi connectivity index (χ0) is 44.0. The zero-order valence-electron chi connectivity index (χ0n) is 34.2. The Hall–Kier alpha value is -3.64. The number of nitrogens with zero attached hydrogens (tertiary/aromatic N) is 2. The number of ketones is 2. The number of halogens is 3. The molecule has 0 spiro atoms. The fourth-order valence-corrected chi connectivity index (χ4v) is 6.81. The summed E-state index contributed by atoms with van der Waals surface area (Å²) in [5.41, 5.74) is -0.105. The van der Waals surface area contributed by atoms with Gasteiger partial charge < -0.3 is 38.8 Å². The Kier molecular flexibility index (Phi) is 20.2. The van der Waals surface area contributed by atoms with E-state index in [0.29, 0.717) is 62.4 Å². The molecule has 0 saturated carbocycles. The predicted octanol–water partition coefficient (Wildman–Crippen LogP) is 9.50. The molecule has 12 nitrogen and oxygen atoms in total. The largest absolute Gasteiger partial charge is 0.499 e. The Balaban J connectivity index is 0.000000327. The average molecular weight is 945 g/mol. The van der Waals surface area contributed by atoms with E-state index in [2.05, 4.69) is 15.9 Å². The SMILES string of the molecule is CC(=O)c1ccc(-c2ccc(OCCN(C)C(=O)OC(C)(C)C)c(Cl)c2)s1.CC(=O)c1ccc(B(O)O)s1.CN(CCOc1ccc(Br)cc1Cl)C(=O)OC(C)(C)C. The van der Waals surface area contributed by atoms with E-state index in [1.807, 2.05) is 71.9 Å². The lowest BCUT2D eigenvalue weighted by molar-refractivity contribution is 0.0269. The summed E-state index contributed by atoms with van der Waals surface area (Å²) < 4.78 is 23.1. The van der Waals surface area contributed by atoms with Gasteiger partial charge in [0, 0.05) is 28.2 Å². The summed E-state index contributed by atoms with van der Waals surface area (Å²) in [7, 11) is 1.86.